The van der Waals surface area contributed by atoms with Gasteiger partial charge in [0.25, 0.3) is 11.8 Å². The summed E-state index contributed by atoms with van der Waals surface area (Å²) in [5.41, 5.74) is 2.06. The van der Waals surface area contributed by atoms with Crippen LogP contribution in [-0.2, 0) is 22.8 Å². The molecule has 1 aliphatic rings. The van der Waals surface area contributed by atoms with Crippen LogP contribution in [0.4, 0.5) is 10.5 Å². The predicted octanol–water partition coefficient (Wildman–Crippen LogP) is 8.08. The highest BCUT2D eigenvalue weighted by atomic mass is 127. The fourth-order valence-corrected chi connectivity index (χ4v) is 5.71. The Morgan fingerprint density at radius 1 is 0.841 bits per heavy atom. The number of ether oxygens (including phenoxy) is 3. The van der Waals surface area contributed by atoms with Crippen molar-refractivity contribution in [3.05, 3.63) is 120 Å². The highest BCUT2D eigenvalue weighted by Gasteiger charge is 2.37. The van der Waals surface area contributed by atoms with Gasteiger partial charge in [-0.15, -0.1) is 0 Å². The number of methoxy groups -OCH3 is 1. The van der Waals surface area contributed by atoms with E-state index in [1.807, 2.05) is 18.2 Å². The molecule has 44 heavy (non-hydrogen) atoms. The van der Waals surface area contributed by atoms with Crippen LogP contribution < -0.4 is 24.4 Å². The maximum atomic E-state index is 13.5. The number of nitrogens with zero attached hydrogens (tertiary/aromatic N) is 1. The summed E-state index contributed by atoms with van der Waals surface area (Å²) in [5.74, 6) is -0.248. The summed E-state index contributed by atoms with van der Waals surface area (Å²) in [6.07, 6.45) is 1.40. The Balaban J connectivity index is 1.34. The average Bonchev–Trinajstić information content (AvgIpc) is 2.99. The summed E-state index contributed by atoms with van der Waals surface area (Å²) in [6.45, 7) is 0.398. The first-order chi connectivity index (χ1) is 21.1. The molecule has 1 heterocycles. The Morgan fingerprint density at radius 2 is 1.55 bits per heavy atom. The minimum absolute atomic E-state index is 0.186. The Morgan fingerprint density at radius 3 is 2.25 bits per heavy atom. The molecule has 1 fully saturated rings. The van der Waals surface area contributed by atoms with E-state index in [1.54, 1.807) is 60.7 Å². The Kier molecular flexibility index (Phi) is 10.00. The minimum atomic E-state index is -0.866. The van der Waals surface area contributed by atoms with Crippen molar-refractivity contribution >= 4 is 87.0 Å². The third-order valence-corrected chi connectivity index (χ3v) is 8.26. The van der Waals surface area contributed by atoms with E-state index >= 15 is 0 Å². The molecule has 1 saturated heterocycles. The van der Waals surface area contributed by atoms with Crippen molar-refractivity contribution in [2.45, 2.75) is 13.2 Å². The number of anilines is 1. The maximum absolute atomic E-state index is 13.5. The fourth-order valence-electron chi connectivity index (χ4n) is 4.28. The van der Waals surface area contributed by atoms with Gasteiger partial charge in [-0.25, -0.2) is 9.69 Å². The van der Waals surface area contributed by atoms with Crippen LogP contribution in [0, 0.1) is 3.57 Å². The highest BCUT2D eigenvalue weighted by Crippen LogP contribution is 2.36. The van der Waals surface area contributed by atoms with Gasteiger partial charge in [-0.1, -0.05) is 59.1 Å². The van der Waals surface area contributed by atoms with Crippen molar-refractivity contribution in [1.29, 1.82) is 0 Å². The third-order valence-electron chi connectivity index (χ3n) is 6.50. The van der Waals surface area contributed by atoms with Gasteiger partial charge < -0.3 is 14.2 Å². The number of hydrogen-bond acceptors (Lipinski definition) is 6. The first kappa shape index (κ1) is 31.6. The largest absolute Gasteiger partial charge is 0.493 e. The number of benzene rings is 4. The summed E-state index contributed by atoms with van der Waals surface area (Å²) in [4.78, 5) is 39.8. The summed E-state index contributed by atoms with van der Waals surface area (Å²) in [5, 5.41) is 3.80. The zero-order valence-electron chi connectivity index (χ0n) is 22.9. The summed E-state index contributed by atoms with van der Waals surface area (Å²) < 4.78 is 18.0. The van der Waals surface area contributed by atoms with E-state index in [0.717, 1.165) is 16.0 Å². The molecule has 4 aromatic rings. The van der Waals surface area contributed by atoms with Crippen LogP contribution in [-0.4, -0.2) is 25.0 Å². The van der Waals surface area contributed by atoms with Gasteiger partial charge in [-0.05, 0) is 88.8 Å². The minimum Gasteiger partial charge on any atom is -0.493 e. The maximum Gasteiger partial charge on any atom is 0.335 e. The summed E-state index contributed by atoms with van der Waals surface area (Å²) in [6, 6.07) is 21.2. The van der Waals surface area contributed by atoms with Gasteiger partial charge in [0.15, 0.2) is 11.5 Å². The van der Waals surface area contributed by atoms with E-state index in [2.05, 4.69) is 27.9 Å². The average molecular weight is 764 g/mol. The van der Waals surface area contributed by atoms with Gasteiger partial charge in [-0.2, -0.15) is 0 Å². The SMILES string of the molecule is COc1cc(/C=C2\C(=O)NC(=O)N(c3ccc(OCc4ccc(Cl)cc4Cl)cc3)C2=O)cc(I)c1OCc1ccccc1Cl. The molecule has 0 aromatic heterocycles. The number of imide groups is 2. The predicted molar refractivity (Wildman–Crippen MR) is 178 cm³/mol. The van der Waals surface area contributed by atoms with E-state index in [-0.39, 0.29) is 24.5 Å². The van der Waals surface area contributed by atoms with E-state index < -0.39 is 17.8 Å². The quantitative estimate of drug-likeness (QED) is 0.105. The van der Waals surface area contributed by atoms with Crippen LogP contribution in [0.5, 0.6) is 17.2 Å². The van der Waals surface area contributed by atoms with E-state index in [0.29, 0.717) is 41.5 Å². The summed E-state index contributed by atoms with van der Waals surface area (Å²) >= 11 is 20.5. The molecular weight excluding hydrogens is 742 g/mol. The molecular formula is C32H22Cl3IN2O6. The smallest absolute Gasteiger partial charge is 0.335 e. The highest BCUT2D eigenvalue weighted by molar-refractivity contribution is 14.1. The molecule has 5 rings (SSSR count). The van der Waals surface area contributed by atoms with Crippen molar-refractivity contribution in [2.24, 2.45) is 0 Å². The van der Waals surface area contributed by atoms with Crippen LogP contribution in [0.3, 0.4) is 0 Å². The molecule has 0 bridgehead atoms. The summed E-state index contributed by atoms with van der Waals surface area (Å²) in [7, 11) is 1.49. The van der Waals surface area contributed by atoms with Crippen molar-refractivity contribution in [3.63, 3.8) is 0 Å². The molecule has 1 N–H and O–H groups in total. The molecule has 12 heteroatoms. The van der Waals surface area contributed by atoms with Crippen molar-refractivity contribution in [1.82, 2.24) is 5.32 Å². The number of barbiturate groups is 1. The molecule has 0 radical (unpaired) electrons. The number of carbonyl (C=O) groups excluding carboxylic acids is 3. The molecule has 0 spiro atoms. The van der Waals surface area contributed by atoms with Crippen LogP contribution in [0.25, 0.3) is 6.08 Å². The van der Waals surface area contributed by atoms with Crippen LogP contribution >= 0.6 is 57.4 Å². The standard InChI is InChI=1S/C32H22Cl3IN2O6/c1-42-28-14-18(13-27(36)29(28)44-17-19-4-2-3-5-25(19)34)12-24-30(39)37-32(41)38(31(24)40)22-8-10-23(11-9-22)43-16-20-6-7-21(33)15-26(20)35/h2-15H,16-17H2,1H3,(H,37,39,41)/b24-12+. The molecule has 0 aliphatic carbocycles. The molecule has 4 aromatic carbocycles. The second-order valence-electron chi connectivity index (χ2n) is 9.39. The van der Waals surface area contributed by atoms with Gasteiger partial charge in [0, 0.05) is 26.2 Å². The molecule has 4 amide bonds. The van der Waals surface area contributed by atoms with Gasteiger partial charge >= 0.3 is 6.03 Å². The molecule has 0 unspecified atom stereocenters. The van der Waals surface area contributed by atoms with Gasteiger partial charge in [0.05, 0.1) is 16.4 Å². The van der Waals surface area contributed by atoms with Crippen molar-refractivity contribution in [3.8, 4) is 17.2 Å². The van der Waals surface area contributed by atoms with E-state index in [9.17, 15) is 14.4 Å². The lowest BCUT2D eigenvalue weighted by Crippen LogP contribution is -2.54. The monoisotopic (exact) mass is 762 g/mol. The Hall–Kier alpha value is -3.77. The van der Waals surface area contributed by atoms with Crippen molar-refractivity contribution < 1.29 is 28.6 Å². The first-order valence-electron chi connectivity index (χ1n) is 13.0. The Labute approximate surface area is 281 Å². The van der Waals surface area contributed by atoms with Gasteiger partial charge in [0.2, 0.25) is 0 Å². The number of rotatable bonds is 9. The zero-order valence-corrected chi connectivity index (χ0v) is 27.3. The Bertz CT molecular complexity index is 1800. The van der Waals surface area contributed by atoms with Crippen LogP contribution in [0.15, 0.2) is 84.4 Å². The number of carbonyl (C=O) groups is 3. The number of nitrogens with one attached hydrogen (secondary N) is 1. The first-order valence-corrected chi connectivity index (χ1v) is 15.2. The van der Waals surface area contributed by atoms with Crippen LogP contribution in [0.2, 0.25) is 15.1 Å². The topological polar surface area (TPSA) is 94.2 Å². The second kappa shape index (κ2) is 13.9. The lowest BCUT2D eigenvalue weighted by molar-refractivity contribution is -0.122. The molecule has 0 saturated carbocycles. The zero-order chi connectivity index (χ0) is 31.4. The number of amides is 4. The van der Waals surface area contributed by atoms with Gasteiger partial charge in [0.1, 0.15) is 24.5 Å². The normalized spacial score (nSPS) is 14.1. The number of hydrogen-bond donors (Lipinski definition) is 1. The lowest BCUT2D eigenvalue weighted by atomic mass is 10.1. The number of urea groups is 1. The molecule has 0 atom stereocenters. The number of halogens is 4. The molecule has 8 nitrogen and oxygen atoms in total. The van der Waals surface area contributed by atoms with Crippen LogP contribution in [0.1, 0.15) is 16.7 Å². The van der Waals surface area contributed by atoms with E-state index in [4.69, 9.17) is 49.0 Å². The van der Waals surface area contributed by atoms with Gasteiger partial charge in [-0.3, -0.25) is 14.9 Å². The lowest BCUT2D eigenvalue weighted by Gasteiger charge is -2.26. The van der Waals surface area contributed by atoms with Crippen molar-refractivity contribution in [2.75, 3.05) is 12.0 Å². The molecule has 224 valence electrons. The fraction of sp³-hybridized carbons (Fsp3) is 0.0938. The molecule has 1 aliphatic heterocycles. The van der Waals surface area contributed by atoms with E-state index in [1.165, 1.54) is 13.2 Å². The second-order valence-corrected chi connectivity index (χ2v) is 11.8. The third kappa shape index (κ3) is 7.13.